The number of rotatable bonds is 7. The molecule has 1 fully saturated rings. The molecule has 1 aliphatic rings. The van der Waals surface area contributed by atoms with Crippen LogP contribution in [0.4, 0.5) is 5.69 Å². The van der Waals surface area contributed by atoms with Gasteiger partial charge < -0.3 is 10.2 Å². The number of nitrogens with one attached hydrogen (secondary N) is 1. The molecule has 1 aliphatic heterocycles. The van der Waals surface area contributed by atoms with Gasteiger partial charge in [0.2, 0.25) is 5.91 Å². The molecule has 0 spiro atoms. The second kappa shape index (κ2) is 9.51. The summed E-state index contributed by atoms with van der Waals surface area (Å²) in [4.78, 5) is 29.0. The Balaban J connectivity index is 1.49. The van der Waals surface area contributed by atoms with E-state index >= 15 is 0 Å². The Hall–Kier alpha value is -2.66. The Morgan fingerprint density at radius 3 is 2.25 bits per heavy atom. The Morgan fingerprint density at radius 2 is 1.61 bits per heavy atom. The minimum Gasteiger partial charge on any atom is -0.369 e. The lowest BCUT2D eigenvalue weighted by Gasteiger charge is -2.36. The first-order valence-corrected chi connectivity index (χ1v) is 9.89. The first kappa shape index (κ1) is 20.1. The van der Waals surface area contributed by atoms with Gasteiger partial charge in [0.05, 0.1) is 12.6 Å². The standard InChI is InChI=1S/C23H29N3O2/c1-18-8-6-7-11-22(18)26-14-12-25(13-15-26)17-23(28)24-21(19(2)27)16-20-9-4-3-5-10-20/h3-11,21H,12-17H2,1-2H3,(H,24,28)/t21-/m1/s1. The van der Waals surface area contributed by atoms with Gasteiger partial charge in [-0.25, -0.2) is 0 Å². The van der Waals surface area contributed by atoms with E-state index in [1.54, 1.807) is 0 Å². The molecule has 1 amide bonds. The molecule has 2 aromatic rings. The maximum atomic E-state index is 12.5. The smallest absolute Gasteiger partial charge is 0.234 e. The van der Waals surface area contributed by atoms with Gasteiger partial charge in [-0.1, -0.05) is 48.5 Å². The first-order chi connectivity index (χ1) is 13.5. The lowest BCUT2D eigenvalue weighted by atomic mass is 10.0. The number of hydrogen-bond acceptors (Lipinski definition) is 4. The summed E-state index contributed by atoms with van der Waals surface area (Å²) in [5.74, 6) is -0.0953. The molecule has 0 radical (unpaired) electrons. The quantitative estimate of drug-likeness (QED) is 0.803. The lowest BCUT2D eigenvalue weighted by molar-refractivity contribution is -0.127. The molecule has 1 saturated heterocycles. The van der Waals surface area contributed by atoms with Crippen LogP contribution in [0.25, 0.3) is 0 Å². The van der Waals surface area contributed by atoms with E-state index in [1.807, 2.05) is 30.3 Å². The first-order valence-electron chi connectivity index (χ1n) is 9.89. The highest BCUT2D eigenvalue weighted by Gasteiger charge is 2.22. The summed E-state index contributed by atoms with van der Waals surface area (Å²) in [6.07, 6.45) is 0.531. The fourth-order valence-electron chi connectivity index (χ4n) is 3.65. The molecule has 3 rings (SSSR count). The summed E-state index contributed by atoms with van der Waals surface area (Å²) in [5, 5.41) is 2.92. The normalized spacial score (nSPS) is 15.9. The molecule has 0 aromatic heterocycles. The van der Waals surface area contributed by atoms with Gasteiger partial charge in [0.1, 0.15) is 0 Å². The summed E-state index contributed by atoms with van der Waals surface area (Å²) in [5.41, 5.74) is 3.60. The zero-order valence-electron chi connectivity index (χ0n) is 16.7. The highest BCUT2D eigenvalue weighted by atomic mass is 16.2. The summed E-state index contributed by atoms with van der Waals surface area (Å²) >= 11 is 0. The van der Waals surface area contributed by atoms with Crippen LogP contribution in [0.3, 0.4) is 0 Å². The van der Waals surface area contributed by atoms with E-state index in [9.17, 15) is 9.59 Å². The minimum atomic E-state index is -0.469. The van der Waals surface area contributed by atoms with E-state index in [4.69, 9.17) is 0 Å². The van der Waals surface area contributed by atoms with Crippen LogP contribution >= 0.6 is 0 Å². The number of carbonyl (C=O) groups is 2. The van der Waals surface area contributed by atoms with E-state index in [-0.39, 0.29) is 11.7 Å². The number of nitrogens with zero attached hydrogens (tertiary/aromatic N) is 2. The predicted octanol–water partition coefficient (Wildman–Crippen LogP) is 2.43. The van der Waals surface area contributed by atoms with Crippen molar-refractivity contribution in [1.29, 1.82) is 0 Å². The second-order valence-corrected chi connectivity index (χ2v) is 7.47. The van der Waals surface area contributed by atoms with Crippen molar-refractivity contribution in [3.05, 3.63) is 65.7 Å². The number of benzene rings is 2. The average molecular weight is 380 g/mol. The molecule has 0 saturated carbocycles. The third kappa shape index (κ3) is 5.42. The number of amides is 1. The minimum absolute atomic E-state index is 0.0124. The van der Waals surface area contributed by atoms with E-state index in [1.165, 1.54) is 18.2 Å². The fourth-order valence-corrected chi connectivity index (χ4v) is 3.65. The lowest BCUT2D eigenvalue weighted by Crippen LogP contribution is -2.51. The highest BCUT2D eigenvalue weighted by molar-refractivity contribution is 5.88. The van der Waals surface area contributed by atoms with Crippen LogP contribution < -0.4 is 10.2 Å². The van der Waals surface area contributed by atoms with Gasteiger partial charge in [0, 0.05) is 31.9 Å². The van der Waals surface area contributed by atoms with Crippen molar-refractivity contribution in [1.82, 2.24) is 10.2 Å². The molecule has 1 heterocycles. The Bertz CT molecular complexity index is 799. The molecule has 1 atom stereocenters. The maximum absolute atomic E-state index is 12.5. The molecule has 0 aliphatic carbocycles. The van der Waals surface area contributed by atoms with Crippen molar-refractivity contribution >= 4 is 17.4 Å². The van der Waals surface area contributed by atoms with Crippen molar-refractivity contribution in [2.75, 3.05) is 37.6 Å². The second-order valence-electron chi connectivity index (χ2n) is 7.47. The van der Waals surface area contributed by atoms with Gasteiger partial charge >= 0.3 is 0 Å². The van der Waals surface area contributed by atoms with Crippen LogP contribution in [0.15, 0.2) is 54.6 Å². The van der Waals surface area contributed by atoms with E-state index in [2.05, 4.69) is 46.3 Å². The summed E-state index contributed by atoms with van der Waals surface area (Å²) < 4.78 is 0. The fraction of sp³-hybridized carbons (Fsp3) is 0.391. The van der Waals surface area contributed by atoms with Crippen LogP contribution in [0.5, 0.6) is 0 Å². The van der Waals surface area contributed by atoms with Crippen LogP contribution in [-0.2, 0) is 16.0 Å². The zero-order valence-corrected chi connectivity index (χ0v) is 16.7. The van der Waals surface area contributed by atoms with Crippen molar-refractivity contribution in [2.24, 2.45) is 0 Å². The SMILES string of the molecule is CC(=O)[C@@H](Cc1ccccc1)NC(=O)CN1CCN(c2ccccc2C)CC1. The number of para-hydroxylation sites is 1. The average Bonchev–Trinajstić information content (AvgIpc) is 2.69. The number of carbonyl (C=O) groups excluding carboxylic acids is 2. The highest BCUT2D eigenvalue weighted by Crippen LogP contribution is 2.20. The Kier molecular flexibility index (Phi) is 6.82. The number of piperazine rings is 1. The van der Waals surface area contributed by atoms with Gasteiger partial charge in [0.25, 0.3) is 0 Å². The van der Waals surface area contributed by atoms with Crippen molar-refractivity contribution < 1.29 is 9.59 Å². The molecule has 2 aromatic carbocycles. The maximum Gasteiger partial charge on any atom is 0.234 e. The van der Waals surface area contributed by atoms with Crippen LogP contribution in [0.1, 0.15) is 18.1 Å². The monoisotopic (exact) mass is 379 g/mol. The van der Waals surface area contributed by atoms with Crippen LogP contribution in [0.2, 0.25) is 0 Å². The van der Waals surface area contributed by atoms with Gasteiger partial charge in [-0.2, -0.15) is 0 Å². The third-order valence-corrected chi connectivity index (χ3v) is 5.30. The number of hydrogen-bond donors (Lipinski definition) is 1. The summed E-state index contributed by atoms with van der Waals surface area (Å²) in [7, 11) is 0. The third-order valence-electron chi connectivity index (χ3n) is 5.30. The van der Waals surface area contributed by atoms with E-state index < -0.39 is 6.04 Å². The predicted molar refractivity (Wildman–Crippen MR) is 113 cm³/mol. The molecule has 0 unspecified atom stereocenters. The molecule has 28 heavy (non-hydrogen) atoms. The Morgan fingerprint density at radius 1 is 0.964 bits per heavy atom. The largest absolute Gasteiger partial charge is 0.369 e. The summed E-state index contributed by atoms with van der Waals surface area (Å²) in [6.45, 7) is 7.48. The number of Topliss-reactive ketones (excluding diaryl/α,β-unsaturated/α-hetero) is 1. The molecular formula is C23H29N3O2. The van der Waals surface area contributed by atoms with Crippen molar-refractivity contribution in [3.8, 4) is 0 Å². The number of anilines is 1. The van der Waals surface area contributed by atoms with Gasteiger partial charge in [0.15, 0.2) is 5.78 Å². The van der Waals surface area contributed by atoms with Gasteiger partial charge in [-0.15, -0.1) is 0 Å². The van der Waals surface area contributed by atoms with Gasteiger partial charge in [-0.05, 0) is 37.5 Å². The number of aryl methyl sites for hydroxylation is 1. The molecular weight excluding hydrogens is 350 g/mol. The molecule has 0 bridgehead atoms. The van der Waals surface area contributed by atoms with Gasteiger partial charge in [-0.3, -0.25) is 14.5 Å². The topological polar surface area (TPSA) is 52.7 Å². The zero-order chi connectivity index (χ0) is 19.9. The Labute approximate surface area is 167 Å². The number of ketones is 1. The molecule has 5 heteroatoms. The molecule has 1 N–H and O–H groups in total. The van der Waals surface area contributed by atoms with Crippen LogP contribution in [0, 0.1) is 6.92 Å². The van der Waals surface area contributed by atoms with Crippen molar-refractivity contribution in [2.45, 2.75) is 26.3 Å². The summed E-state index contributed by atoms with van der Waals surface area (Å²) in [6, 6.07) is 17.7. The molecule has 148 valence electrons. The van der Waals surface area contributed by atoms with E-state index in [0.29, 0.717) is 13.0 Å². The van der Waals surface area contributed by atoms with Crippen molar-refractivity contribution in [3.63, 3.8) is 0 Å². The van der Waals surface area contributed by atoms with E-state index in [0.717, 1.165) is 31.7 Å². The molecule has 5 nitrogen and oxygen atoms in total. The van der Waals surface area contributed by atoms with Crippen LogP contribution in [-0.4, -0.2) is 55.4 Å².